The fourth-order valence-corrected chi connectivity index (χ4v) is 10.8. The molecule has 0 aromatic heterocycles. The van der Waals surface area contributed by atoms with E-state index in [1.807, 2.05) is 30.3 Å². The fraction of sp³-hybridized carbons (Fsp3) is 0.340. The molecule has 0 saturated heterocycles. The summed E-state index contributed by atoms with van der Waals surface area (Å²) in [5, 5.41) is 0. The van der Waals surface area contributed by atoms with Crippen LogP contribution in [0.3, 0.4) is 0 Å². The smallest absolute Gasteiger partial charge is 0.172 e. The molecule has 4 aromatic rings. The summed E-state index contributed by atoms with van der Waals surface area (Å²) in [5.74, 6) is 2.24. The van der Waals surface area contributed by atoms with E-state index in [-0.39, 0.29) is 46.5 Å². The maximum absolute atomic E-state index is 2.62. The number of fused-ring (bicyclic) bond motifs is 6. The second-order valence-electron chi connectivity index (χ2n) is 16.1. The molecule has 8 rings (SSSR count). The number of allylic oxidation sites excluding steroid dienone is 6. The van der Waals surface area contributed by atoms with Crippen LogP contribution in [0.1, 0.15) is 90.5 Å². The minimum atomic E-state index is 0. The predicted molar refractivity (Wildman–Crippen MR) is 228 cm³/mol. The minimum absolute atomic E-state index is 0. The van der Waals surface area contributed by atoms with Crippen molar-refractivity contribution in [1.29, 1.82) is 0 Å². The van der Waals surface area contributed by atoms with Gasteiger partial charge in [-0.2, -0.15) is 29.3 Å². The number of halogens is 4. The maximum Gasteiger partial charge on any atom is -0.172 e. The van der Waals surface area contributed by atoms with Crippen LogP contribution in [0.25, 0.3) is 5.57 Å². The number of benzene rings is 3. The van der Waals surface area contributed by atoms with Crippen LogP contribution in [0.5, 0.6) is 0 Å². The molecule has 2 atom stereocenters. The zero-order chi connectivity index (χ0) is 36.1. The van der Waals surface area contributed by atoms with Crippen LogP contribution in [0, 0.1) is 40.6 Å². The van der Waals surface area contributed by atoms with E-state index >= 15 is 0 Å². The molecule has 5 heteroatoms. The molecule has 0 bridgehead atoms. The summed E-state index contributed by atoms with van der Waals surface area (Å²) in [6.45, 7) is 20.3. The van der Waals surface area contributed by atoms with E-state index in [1.54, 1.807) is 28.2 Å². The molecule has 0 spiro atoms. The van der Waals surface area contributed by atoms with Crippen LogP contribution < -0.4 is 24.8 Å². The van der Waals surface area contributed by atoms with Crippen molar-refractivity contribution in [3.05, 3.63) is 167 Å². The molecular formula is C47H50Cl2I2Zr-2. The first-order valence-corrected chi connectivity index (χ1v) is 21.4. The second kappa shape index (κ2) is 16.9. The summed E-state index contributed by atoms with van der Waals surface area (Å²) in [4.78, 5) is 0. The Morgan fingerprint density at radius 2 is 1.29 bits per heavy atom. The molecule has 1 fully saturated rings. The van der Waals surface area contributed by atoms with E-state index in [9.17, 15) is 0 Å². The van der Waals surface area contributed by atoms with Crippen LogP contribution in [-0.4, -0.2) is 3.21 Å². The predicted octanol–water partition coefficient (Wildman–Crippen LogP) is 7.39. The first-order valence-electron chi connectivity index (χ1n) is 18.0. The van der Waals surface area contributed by atoms with Gasteiger partial charge in [-0.3, -0.25) is 0 Å². The van der Waals surface area contributed by atoms with E-state index in [2.05, 4.69) is 186 Å². The van der Waals surface area contributed by atoms with Crippen LogP contribution in [0.15, 0.2) is 132 Å². The third-order valence-electron chi connectivity index (χ3n) is 13.6. The molecule has 4 aliphatic rings. The van der Waals surface area contributed by atoms with E-state index in [0.29, 0.717) is 5.92 Å². The van der Waals surface area contributed by atoms with Gasteiger partial charge in [0.1, 0.15) is 0 Å². The van der Waals surface area contributed by atoms with Gasteiger partial charge >= 0.3 is 139 Å². The third-order valence-corrected chi connectivity index (χ3v) is 16.5. The summed E-state index contributed by atoms with van der Waals surface area (Å²) in [7, 11) is 0. The summed E-state index contributed by atoms with van der Waals surface area (Å²) < 4.78 is 3.99. The maximum atomic E-state index is 2.62. The van der Waals surface area contributed by atoms with Crippen molar-refractivity contribution < 1.29 is 49.0 Å². The van der Waals surface area contributed by atoms with Gasteiger partial charge in [0.15, 0.2) is 0 Å². The van der Waals surface area contributed by atoms with Gasteiger partial charge in [0.25, 0.3) is 0 Å². The first-order chi connectivity index (χ1) is 23.6. The van der Waals surface area contributed by atoms with E-state index in [1.165, 1.54) is 69.7 Å². The largest absolute Gasteiger partial charge is 0.214 e. The van der Waals surface area contributed by atoms with Gasteiger partial charge in [-0.05, 0) is 40.6 Å². The average molecular weight is 1030 g/mol. The molecule has 0 amide bonds. The fourth-order valence-electron chi connectivity index (χ4n) is 9.29. The van der Waals surface area contributed by atoms with Gasteiger partial charge in [0, 0.05) is 0 Å². The zero-order valence-electron chi connectivity index (χ0n) is 31.7. The van der Waals surface area contributed by atoms with Crippen LogP contribution >= 0.6 is 45.2 Å². The van der Waals surface area contributed by atoms with E-state index in [4.69, 9.17) is 0 Å². The standard InChI is InChI=1S/C29H37.C13H8I2.C5H5.2ClH.Zr/c1-18-25-22-17-19-13-9-10-14-20(19)24(22)21-15-11-12-16-23(21)29(25,8)28(6,7)27(4,5)26(18,2)3;14-12-5-1-10(2-6-12)9-11-3-7-13(15)8-4-11;1-2-4-5-3-1;;;/h9-11,13-15,23H,12,16-17H2,1-8H3;1-8H;1-5H;2*1H;/q-1;;-1;;;+2/p-2. The van der Waals surface area contributed by atoms with Crippen molar-refractivity contribution in [2.75, 3.05) is 0 Å². The van der Waals surface area contributed by atoms with Crippen LogP contribution in [-0.2, 0) is 30.7 Å². The van der Waals surface area contributed by atoms with Gasteiger partial charge in [0.05, 0.1) is 0 Å². The Bertz CT molecular complexity index is 1900. The average Bonchev–Trinajstić information content (AvgIpc) is 3.81. The molecule has 4 aromatic carbocycles. The SMILES string of the molecule is C[C-]1C2=C3Cc4ccccc4C3=C3C=CCCC3C2(C)C(C)(C)C(C)(C)C1(C)C.[Cl-].[Cl-].[Zr+2]=[C](c1ccc(I)cc1)c1ccc(I)cc1.c1cc[cH-]c1. The van der Waals surface area contributed by atoms with Crippen molar-refractivity contribution >= 4 is 54.0 Å². The number of hydrogen-bond acceptors (Lipinski definition) is 0. The second-order valence-corrected chi connectivity index (χ2v) is 19.8. The van der Waals surface area contributed by atoms with Crippen LogP contribution in [0.2, 0.25) is 0 Å². The van der Waals surface area contributed by atoms with Gasteiger partial charge in [0.2, 0.25) is 0 Å². The quantitative estimate of drug-likeness (QED) is 0.145. The Morgan fingerprint density at radius 1 is 0.750 bits per heavy atom. The molecule has 4 aliphatic carbocycles. The molecule has 0 nitrogen and oxygen atoms in total. The molecule has 1 saturated carbocycles. The molecule has 2 unspecified atom stereocenters. The number of hydrogen-bond donors (Lipinski definition) is 0. The summed E-state index contributed by atoms with van der Waals surface area (Å²) in [5.41, 5.74) is 13.0. The topological polar surface area (TPSA) is 0 Å². The Balaban J connectivity index is 0.000000221. The molecular weight excluding hydrogens is 980 g/mol. The Kier molecular flexibility index (Phi) is 14.2. The third kappa shape index (κ3) is 7.43. The summed E-state index contributed by atoms with van der Waals surface area (Å²) in [6, 6.07) is 36.6. The number of rotatable bonds is 2. The van der Waals surface area contributed by atoms with E-state index in [0.717, 1.165) is 6.42 Å². The Morgan fingerprint density at radius 3 is 1.81 bits per heavy atom. The molecule has 0 aliphatic heterocycles. The molecule has 0 N–H and O–H groups in total. The van der Waals surface area contributed by atoms with Crippen molar-refractivity contribution in [1.82, 2.24) is 0 Å². The molecule has 52 heavy (non-hydrogen) atoms. The summed E-state index contributed by atoms with van der Waals surface area (Å²) in [6.07, 6.45) is 8.50. The molecule has 0 radical (unpaired) electrons. The molecule has 272 valence electrons. The summed E-state index contributed by atoms with van der Waals surface area (Å²) >= 11 is 6.13. The van der Waals surface area contributed by atoms with Crippen LogP contribution in [0.4, 0.5) is 0 Å². The van der Waals surface area contributed by atoms with E-state index < -0.39 is 0 Å². The van der Waals surface area contributed by atoms with Crippen molar-refractivity contribution in [2.45, 2.75) is 74.7 Å². The molecule has 0 heterocycles. The van der Waals surface area contributed by atoms with Gasteiger partial charge < -0.3 is 24.8 Å². The first kappa shape index (κ1) is 43.6. The van der Waals surface area contributed by atoms with Crippen molar-refractivity contribution in [3.8, 4) is 0 Å². The van der Waals surface area contributed by atoms with Crippen molar-refractivity contribution in [2.24, 2.45) is 27.6 Å². The Hall–Kier alpha value is -1.11. The zero-order valence-corrected chi connectivity index (χ0v) is 40.0. The van der Waals surface area contributed by atoms with Crippen molar-refractivity contribution in [3.63, 3.8) is 0 Å². The minimum Gasteiger partial charge on any atom is -0.214 e. The normalized spacial score (nSPS) is 22.5. The Labute approximate surface area is 368 Å². The van der Waals surface area contributed by atoms with Gasteiger partial charge in [-0.15, -0.1) is 6.92 Å². The van der Waals surface area contributed by atoms with Gasteiger partial charge in [-0.25, -0.2) is 18.1 Å². The monoisotopic (exact) mass is 1030 g/mol. The van der Waals surface area contributed by atoms with Gasteiger partial charge in [-0.1, -0.05) is 113 Å².